The largest absolute Gasteiger partial charge is 0.433 e. The zero-order chi connectivity index (χ0) is 11.2. The molecule has 1 aromatic carbocycles. The van der Waals surface area contributed by atoms with Crippen LogP contribution in [0, 0.1) is 5.92 Å². The van der Waals surface area contributed by atoms with Gasteiger partial charge in [-0.2, -0.15) is 0 Å². The average molecular weight is 218 g/mol. The monoisotopic (exact) mass is 218 g/mol. The molecule has 0 saturated carbocycles. The highest BCUT2D eigenvalue weighted by atomic mass is 16.7. The van der Waals surface area contributed by atoms with E-state index in [2.05, 4.69) is 12.1 Å². The number of carbonyl (C=O) groups excluding carboxylic acids is 1. The smallest absolute Gasteiger partial charge is 0.308 e. The molecule has 2 saturated heterocycles. The molecule has 0 aromatic heterocycles. The van der Waals surface area contributed by atoms with Crippen LogP contribution in [0.4, 0.5) is 0 Å². The molecule has 0 amide bonds. The zero-order valence-electron chi connectivity index (χ0n) is 9.18. The fourth-order valence-corrected chi connectivity index (χ4v) is 2.62. The second kappa shape index (κ2) is 3.32. The van der Waals surface area contributed by atoms with Gasteiger partial charge in [0, 0.05) is 12.8 Å². The molecule has 3 heteroatoms. The molecule has 2 heterocycles. The number of hydrogen-bond acceptors (Lipinski definition) is 3. The maximum Gasteiger partial charge on any atom is 0.308 e. The lowest BCUT2D eigenvalue weighted by Gasteiger charge is -2.22. The van der Waals surface area contributed by atoms with Gasteiger partial charge in [-0.1, -0.05) is 30.3 Å². The number of ether oxygens (including phenoxy) is 2. The molecule has 84 valence electrons. The van der Waals surface area contributed by atoms with E-state index in [0.717, 1.165) is 12.0 Å². The molecule has 2 aliphatic rings. The number of hydrogen-bond donors (Lipinski definition) is 0. The molecule has 2 fully saturated rings. The maximum absolute atomic E-state index is 11.2. The van der Waals surface area contributed by atoms with Crippen molar-refractivity contribution in [3.63, 3.8) is 0 Å². The van der Waals surface area contributed by atoms with Crippen molar-refractivity contribution < 1.29 is 14.3 Å². The van der Waals surface area contributed by atoms with Crippen molar-refractivity contribution in [2.45, 2.75) is 31.7 Å². The normalized spacial score (nSPS) is 37.2. The Hall–Kier alpha value is -1.35. The number of benzene rings is 1. The lowest BCUT2D eigenvalue weighted by atomic mass is 9.94. The van der Waals surface area contributed by atoms with Crippen LogP contribution in [-0.4, -0.2) is 11.8 Å². The molecule has 0 unspecified atom stereocenters. The van der Waals surface area contributed by atoms with Crippen molar-refractivity contribution in [3.8, 4) is 0 Å². The standard InChI is InChI=1S/C13H14O3/c1-13-10(8-12(14)16-13)7-11(15-13)9-5-3-2-4-6-9/h2-6,10-11H,7-8H2,1H3/t10-,11-,13+/m1/s1. The zero-order valence-corrected chi connectivity index (χ0v) is 9.18. The summed E-state index contributed by atoms with van der Waals surface area (Å²) in [6.07, 6.45) is 1.41. The first-order valence-corrected chi connectivity index (χ1v) is 5.62. The molecule has 0 spiro atoms. The Morgan fingerprint density at radius 2 is 2.06 bits per heavy atom. The van der Waals surface area contributed by atoms with Crippen LogP contribution in [0.2, 0.25) is 0 Å². The lowest BCUT2D eigenvalue weighted by Crippen LogP contribution is -2.28. The van der Waals surface area contributed by atoms with E-state index in [1.54, 1.807) is 0 Å². The van der Waals surface area contributed by atoms with Gasteiger partial charge in [0.1, 0.15) is 0 Å². The minimum atomic E-state index is -0.697. The van der Waals surface area contributed by atoms with Gasteiger partial charge < -0.3 is 9.47 Å². The van der Waals surface area contributed by atoms with Crippen LogP contribution in [0.15, 0.2) is 30.3 Å². The van der Waals surface area contributed by atoms with Crippen molar-refractivity contribution >= 4 is 5.97 Å². The molecule has 2 aliphatic heterocycles. The Kier molecular flexibility index (Phi) is 2.04. The summed E-state index contributed by atoms with van der Waals surface area (Å²) in [5.74, 6) is -0.637. The minimum absolute atomic E-state index is 0.0595. The third-order valence-corrected chi connectivity index (χ3v) is 3.52. The lowest BCUT2D eigenvalue weighted by molar-refractivity contribution is -0.206. The van der Waals surface area contributed by atoms with Crippen LogP contribution in [-0.2, 0) is 14.3 Å². The van der Waals surface area contributed by atoms with Crippen molar-refractivity contribution in [2.24, 2.45) is 5.92 Å². The first kappa shape index (κ1) is 9.85. The highest BCUT2D eigenvalue weighted by Gasteiger charge is 2.53. The van der Waals surface area contributed by atoms with E-state index in [1.807, 2.05) is 25.1 Å². The molecule has 0 bridgehead atoms. The van der Waals surface area contributed by atoms with Gasteiger partial charge in [0.15, 0.2) is 0 Å². The van der Waals surface area contributed by atoms with Crippen LogP contribution in [0.1, 0.15) is 31.4 Å². The summed E-state index contributed by atoms with van der Waals surface area (Å²) in [7, 11) is 0. The molecule has 1 aromatic rings. The first-order chi connectivity index (χ1) is 7.67. The van der Waals surface area contributed by atoms with Gasteiger partial charge >= 0.3 is 5.97 Å². The van der Waals surface area contributed by atoms with Gasteiger partial charge in [-0.3, -0.25) is 4.79 Å². The van der Waals surface area contributed by atoms with Crippen LogP contribution < -0.4 is 0 Å². The summed E-state index contributed by atoms with van der Waals surface area (Å²) in [4.78, 5) is 11.2. The predicted molar refractivity (Wildman–Crippen MR) is 57.5 cm³/mol. The van der Waals surface area contributed by atoms with Gasteiger partial charge in [0.2, 0.25) is 5.79 Å². The molecule has 16 heavy (non-hydrogen) atoms. The summed E-state index contributed by atoms with van der Waals surface area (Å²) < 4.78 is 11.1. The summed E-state index contributed by atoms with van der Waals surface area (Å²) in [6, 6.07) is 10.1. The average Bonchev–Trinajstić information content (AvgIpc) is 2.70. The fraction of sp³-hybridized carbons (Fsp3) is 0.462. The second-order valence-corrected chi connectivity index (χ2v) is 4.64. The third kappa shape index (κ3) is 1.43. The number of carbonyl (C=O) groups is 1. The molecule has 3 atom stereocenters. The summed E-state index contributed by atoms with van der Waals surface area (Å²) in [6.45, 7) is 1.87. The molecule has 0 N–H and O–H groups in total. The topological polar surface area (TPSA) is 35.5 Å². The summed E-state index contributed by atoms with van der Waals surface area (Å²) in [5.41, 5.74) is 1.16. The van der Waals surface area contributed by atoms with E-state index in [1.165, 1.54) is 0 Å². The molecule has 3 nitrogen and oxygen atoms in total. The van der Waals surface area contributed by atoms with Crippen LogP contribution in [0.3, 0.4) is 0 Å². The third-order valence-electron chi connectivity index (χ3n) is 3.52. The predicted octanol–water partition coefficient (Wildman–Crippen LogP) is 2.43. The van der Waals surface area contributed by atoms with E-state index in [4.69, 9.17) is 9.47 Å². The molecule has 3 rings (SSSR count). The molecule has 0 radical (unpaired) electrons. The summed E-state index contributed by atoms with van der Waals surface area (Å²) in [5, 5.41) is 0. The van der Waals surface area contributed by atoms with Crippen LogP contribution in [0.5, 0.6) is 0 Å². The van der Waals surface area contributed by atoms with E-state index in [0.29, 0.717) is 6.42 Å². The molecular weight excluding hydrogens is 204 g/mol. The summed E-state index contributed by atoms with van der Waals surface area (Å²) >= 11 is 0. The van der Waals surface area contributed by atoms with Gasteiger partial charge in [-0.25, -0.2) is 0 Å². The number of fused-ring (bicyclic) bond motifs is 1. The Labute approximate surface area is 94.4 Å². The van der Waals surface area contributed by atoms with E-state index in [9.17, 15) is 4.79 Å². The van der Waals surface area contributed by atoms with E-state index >= 15 is 0 Å². The minimum Gasteiger partial charge on any atom is -0.433 e. The van der Waals surface area contributed by atoms with Gasteiger partial charge in [-0.15, -0.1) is 0 Å². The van der Waals surface area contributed by atoms with E-state index < -0.39 is 5.79 Å². The van der Waals surface area contributed by atoms with Crippen LogP contribution >= 0.6 is 0 Å². The first-order valence-electron chi connectivity index (χ1n) is 5.62. The van der Waals surface area contributed by atoms with Crippen molar-refractivity contribution in [1.29, 1.82) is 0 Å². The Bertz CT molecular complexity index is 414. The van der Waals surface area contributed by atoms with Crippen LogP contribution in [0.25, 0.3) is 0 Å². The Morgan fingerprint density at radius 3 is 2.75 bits per heavy atom. The number of esters is 1. The van der Waals surface area contributed by atoms with Gasteiger partial charge in [-0.05, 0) is 12.0 Å². The molecule has 0 aliphatic carbocycles. The van der Waals surface area contributed by atoms with Crippen molar-refractivity contribution in [2.75, 3.05) is 0 Å². The Morgan fingerprint density at radius 1 is 1.31 bits per heavy atom. The second-order valence-electron chi connectivity index (χ2n) is 4.64. The van der Waals surface area contributed by atoms with Gasteiger partial charge in [0.05, 0.1) is 12.5 Å². The quantitative estimate of drug-likeness (QED) is 0.679. The van der Waals surface area contributed by atoms with Gasteiger partial charge in [0.25, 0.3) is 0 Å². The highest BCUT2D eigenvalue weighted by Crippen LogP contribution is 2.49. The van der Waals surface area contributed by atoms with Crippen molar-refractivity contribution in [3.05, 3.63) is 35.9 Å². The van der Waals surface area contributed by atoms with E-state index in [-0.39, 0.29) is 18.0 Å². The van der Waals surface area contributed by atoms with Crippen molar-refractivity contribution in [1.82, 2.24) is 0 Å². The Balaban J connectivity index is 1.83. The maximum atomic E-state index is 11.2. The highest BCUT2D eigenvalue weighted by molar-refractivity contribution is 5.72. The number of rotatable bonds is 1. The molecular formula is C13H14O3. The fourth-order valence-electron chi connectivity index (χ4n) is 2.62. The SMILES string of the molecule is C[C@]12OC(=O)C[C@H]1C[C@H](c1ccccc1)O2.